The van der Waals surface area contributed by atoms with Crippen molar-refractivity contribution < 1.29 is 0 Å². The molecular formula is C18H29ClN2. The first kappa shape index (κ1) is 16.6. The summed E-state index contributed by atoms with van der Waals surface area (Å²) in [6, 6.07) is 4.31. The van der Waals surface area contributed by atoms with Crippen LogP contribution in [0.2, 0.25) is 0 Å². The van der Waals surface area contributed by atoms with Crippen molar-refractivity contribution in [1.29, 1.82) is 0 Å². The maximum absolute atomic E-state index is 6.08. The fourth-order valence-electron chi connectivity index (χ4n) is 2.82. The molecule has 1 aliphatic heterocycles. The van der Waals surface area contributed by atoms with Crippen LogP contribution in [0.5, 0.6) is 0 Å². The van der Waals surface area contributed by atoms with Crippen LogP contribution >= 0.6 is 11.6 Å². The molecule has 0 saturated carbocycles. The molecule has 0 aliphatic carbocycles. The Bertz CT molecular complexity index is 482. The van der Waals surface area contributed by atoms with E-state index in [2.05, 4.69) is 51.7 Å². The van der Waals surface area contributed by atoms with Gasteiger partial charge in [-0.25, -0.2) is 4.98 Å². The second kappa shape index (κ2) is 6.16. The zero-order chi connectivity index (χ0) is 15.7. The van der Waals surface area contributed by atoms with Gasteiger partial charge < -0.3 is 4.90 Å². The molecule has 1 aromatic rings. The van der Waals surface area contributed by atoms with Gasteiger partial charge in [0, 0.05) is 30.1 Å². The van der Waals surface area contributed by atoms with Gasteiger partial charge in [-0.2, -0.15) is 0 Å². The van der Waals surface area contributed by atoms with E-state index in [-0.39, 0.29) is 5.41 Å². The molecule has 0 bridgehead atoms. The fraction of sp³-hybridized carbons (Fsp3) is 0.722. The van der Waals surface area contributed by atoms with Crippen LogP contribution in [-0.2, 0) is 11.3 Å². The van der Waals surface area contributed by atoms with Crippen molar-refractivity contribution in [2.45, 2.75) is 65.2 Å². The van der Waals surface area contributed by atoms with E-state index in [0.717, 1.165) is 24.6 Å². The standard InChI is InChI=1S/C18H29ClN2/c1-6-18(5)7-9-21(10-8-18)16-12-14(13-19)11-15(20-16)17(2,3)4/h11-12H,6-10,13H2,1-5H3. The van der Waals surface area contributed by atoms with Crippen molar-refractivity contribution in [1.82, 2.24) is 4.98 Å². The summed E-state index contributed by atoms with van der Waals surface area (Å²) in [4.78, 5) is 7.35. The number of aromatic nitrogens is 1. The smallest absolute Gasteiger partial charge is 0.129 e. The molecule has 2 heterocycles. The largest absolute Gasteiger partial charge is 0.357 e. The lowest BCUT2D eigenvalue weighted by molar-refractivity contribution is 0.237. The average molecular weight is 309 g/mol. The first-order valence-electron chi connectivity index (χ1n) is 8.10. The fourth-order valence-corrected chi connectivity index (χ4v) is 2.98. The van der Waals surface area contributed by atoms with Crippen LogP contribution in [0.25, 0.3) is 0 Å². The first-order valence-corrected chi connectivity index (χ1v) is 8.63. The Kier molecular flexibility index (Phi) is 4.87. The van der Waals surface area contributed by atoms with E-state index >= 15 is 0 Å². The molecule has 0 unspecified atom stereocenters. The number of alkyl halides is 1. The van der Waals surface area contributed by atoms with E-state index in [9.17, 15) is 0 Å². The number of hydrogen-bond donors (Lipinski definition) is 0. The predicted octanol–water partition coefficient (Wildman–Crippen LogP) is 5.13. The number of hydrogen-bond acceptors (Lipinski definition) is 2. The summed E-state index contributed by atoms with van der Waals surface area (Å²) in [5.74, 6) is 1.66. The molecule has 1 saturated heterocycles. The maximum Gasteiger partial charge on any atom is 0.129 e. The molecule has 0 N–H and O–H groups in total. The minimum Gasteiger partial charge on any atom is -0.357 e. The number of piperidine rings is 1. The zero-order valence-electron chi connectivity index (χ0n) is 14.2. The van der Waals surface area contributed by atoms with E-state index in [0.29, 0.717) is 11.3 Å². The van der Waals surface area contributed by atoms with Gasteiger partial charge in [0.1, 0.15) is 5.82 Å². The Morgan fingerprint density at radius 3 is 2.33 bits per heavy atom. The van der Waals surface area contributed by atoms with Gasteiger partial charge in [-0.1, -0.05) is 41.0 Å². The zero-order valence-corrected chi connectivity index (χ0v) is 14.9. The van der Waals surface area contributed by atoms with Crippen LogP contribution in [0.1, 0.15) is 65.1 Å². The molecule has 0 aromatic carbocycles. The predicted molar refractivity (Wildman–Crippen MR) is 92.3 cm³/mol. The van der Waals surface area contributed by atoms with Gasteiger partial charge in [0.05, 0.1) is 0 Å². The summed E-state index contributed by atoms with van der Waals surface area (Å²) >= 11 is 6.08. The van der Waals surface area contributed by atoms with Crippen molar-refractivity contribution in [2.24, 2.45) is 5.41 Å². The van der Waals surface area contributed by atoms with Crippen molar-refractivity contribution in [3.8, 4) is 0 Å². The van der Waals surface area contributed by atoms with E-state index in [1.165, 1.54) is 24.8 Å². The topological polar surface area (TPSA) is 16.1 Å². The number of nitrogens with zero attached hydrogens (tertiary/aromatic N) is 2. The lowest BCUT2D eigenvalue weighted by Crippen LogP contribution is -2.39. The van der Waals surface area contributed by atoms with Crippen LogP contribution in [-0.4, -0.2) is 18.1 Å². The van der Waals surface area contributed by atoms with Crippen LogP contribution in [0, 0.1) is 5.41 Å². The minimum atomic E-state index is 0.0601. The van der Waals surface area contributed by atoms with Gasteiger partial charge in [0.2, 0.25) is 0 Å². The molecule has 0 spiro atoms. The van der Waals surface area contributed by atoms with Gasteiger partial charge in [0.15, 0.2) is 0 Å². The second-order valence-electron chi connectivity index (χ2n) is 7.75. The van der Waals surface area contributed by atoms with Gasteiger partial charge >= 0.3 is 0 Å². The molecule has 1 fully saturated rings. The summed E-state index contributed by atoms with van der Waals surface area (Å²) in [7, 11) is 0. The van der Waals surface area contributed by atoms with E-state index in [1.54, 1.807) is 0 Å². The summed E-state index contributed by atoms with van der Waals surface area (Å²) in [5, 5.41) is 0. The van der Waals surface area contributed by atoms with Crippen molar-refractivity contribution in [3.63, 3.8) is 0 Å². The third-order valence-electron chi connectivity index (χ3n) is 4.94. The Morgan fingerprint density at radius 1 is 1.24 bits per heavy atom. The summed E-state index contributed by atoms with van der Waals surface area (Å²) < 4.78 is 0. The Morgan fingerprint density at radius 2 is 1.86 bits per heavy atom. The highest BCUT2D eigenvalue weighted by molar-refractivity contribution is 6.17. The lowest BCUT2D eigenvalue weighted by Gasteiger charge is -2.40. The van der Waals surface area contributed by atoms with Gasteiger partial charge in [-0.15, -0.1) is 11.6 Å². The third-order valence-corrected chi connectivity index (χ3v) is 5.25. The highest BCUT2D eigenvalue weighted by atomic mass is 35.5. The van der Waals surface area contributed by atoms with Gasteiger partial charge in [-0.05, 0) is 36.0 Å². The van der Waals surface area contributed by atoms with Crippen molar-refractivity contribution >= 4 is 17.4 Å². The van der Waals surface area contributed by atoms with Gasteiger partial charge in [-0.3, -0.25) is 0 Å². The molecule has 1 aliphatic rings. The average Bonchev–Trinajstić information content (AvgIpc) is 2.46. The van der Waals surface area contributed by atoms with E-state index in [4.69, 9.17) is 16.6 Å². The summed E-state index contributed by atoms with van der Waals surface area (Å²) in [6.07, 6.45) is 3.77. The quantitative estimate of drug-likeness (QED) is 0.719. The number of rotatable bonds is 3. The highest BCUT2D eigenvalue weighted by Gasteiger charge is 2.29. The molecular weight excluding hydrogens is 280 g/mol. The van der Waals surface area contributed by atoms with E-state index < -0.39 is 0 Å². The molecule has 0 radical (unpaired) electrons. The number of anilines is 1. The van der Waals surface area contributed by atoms with Crippen LogP contribution in [0.3, 0.4) is 0 Å². The lowest BCUT2D eigenvalue weighted by atomic mass is 9.78. The van der Waals surface area contributed by atoms with E-state index in [1.807, 2.05) is 0 Å². The Labute approximate surface area is 134 Å². The summed E-state index contributed by atoms with van der Waals surface area (Å²) in [5.41, 5.74) is 2.88. The SMILES string of the molecule is CCC1(C)CCN(c2cc(CCl)cc(C(C)(C)C)n2)CC1. The summed E-state index contributed by atoms with van der Waals surface area (Å²) in [6.45, 7) is 13.6. The van der Waals surface area contributed by atoms with Crippen molar-refractivity contribution in [3.05, 3.63) is 23.4 Å². The molecule has 2 rings (SSSR count). The van der Waals surface area contributed by atoms with Crippen LogP contribution < -0.4 is 4.90 Å². The molecule has 2 nitrogen and oxygen atoms in total. The molecule has 21 heavy (non-hydrogen) atoms. The van der Waals surface area contributed by atoms with Crippen LogP contribution in [0.15, 0.2) is 12.1 Å². The number of pyridine rings is 1. The third kappa shape index (κ3) is 3.91. The first-order chi connectivity index (χ1) is 9.77. The van der Waals surface area contributed by atoms with Gasteiger partial charge in [0.25, 0.3) is 0 Å². The number of halogens is 1. The molecule has 0 amide bonds. The monoisotopic (exact) mass is 308 g/mol. The molecule has 1 aromatic heterocycles. The Balaban J connectivity index is 2.24. The second-order valence-corrected chi connectivity index (χ2v) is 8.02. The molecule has 118 valence electrons. The molecule has 0 atom stereocenters. The maximum atomic E-state index is 6.08. The minimum absolute atomic E-state index is 0.0601. The molecule has 3 heteroatoms. The van der Waals surface area contributed by atoms with Crippen molar-refractivity contribution in [2.75, 3.05) is 18.0 Å². The Hall–Kier alpha value is -0.760. The van der Waals surface area contributed by atoms with Crippen LogP contribution in [0.4, 0.5) is 5.82 Å². The highest BCUT2D eigenvalue weighted by Crippen LogP contribution is 2.36. The normalized spacial score (nSPS) is 18.9.